The molecule has 2 N–H and O–H groups in total. The lowest BCUT2D eigenvalue weighted by Gasteiger charge is -2.34. The molecule has 4 saturated heterocycles. The Morgan fingerprint density at radius 2 is 1.82 bits per heavy atom. The minimum Gasteiger partial charge on any atom is -0.508 e. The first-order chi connectivity index (χ1) is 24.0. The summed E-state index contributed by atoms with van der Waals surface area (Å²) in [6, 6.07) is 9.21. The maximum atomic E-state index is 15.1. The Kier molecular flexibility index (Phi) is 7.36. The molecule has 4 aliphatic heterocycles. The van der Waals surface area contributed by atoms with Crippen LogP contribution >= 0.6 is 11.6 Å². The number of likely N-dealkylation sites (tertiary alicyclic amines) is 1. The summed E-state index contributed by atoms with van der Waals surface area (Å²) in [5, 5.41) is 17.0. The van der Waals surface area contributed by atoms with Crippen LogP contribution in [0.2, 0.25) is 5.02 Å². The monoisotopic (exact) mass is 695 g/mol. The van der Waals surface area contributed by atoms with E-state index in [4.69, 9.17) is 37.5 Å². The summed E-state index contributed by atoms with van der Waals surface area (Å²) >= 11 is 7.16. The van der Waals surface area contributed by atoms with E-state index >= 15 is 4.39 Å². The van der Waals surface area contributed by atoms with Crippen molar-refractivity contribution in [1.82, 2.24) is 20.2 Å². The molecule has 3 aromatic carbocycles. The summed E-state index contributed by atoms with van der Waals surface area (Å²) in [5.74, 6) is 2.88. The Labute approximate surface area is 297 Å². The van der Waals surface area contributed by atoms with Crippen molar-refractivity contribution < 1.29 is 19.0 Å². The summed E-state index contributed by atoms with van der Waals surface area (Å²) in [6.45, 7) is 13.7. The predicted octanol–water partition coefficient (Wildman–Crippen LogP) is 6.70. The van der Waals surface area contributed by atoms with Gasteiger partial charge in [0.15, 0.2) is 0 Å². The number of rotatable bonds is 7. The largest absolute Gasteiger partial charge is 0.508 e. The van der Waals surface area contributed by atoms with Crippen molar-refractivity contribution in [1.29, 1.82) is 0 Å². The molecule has 0 radical (unpaired) electrons. The SMILES string of the molecule is C#Cc1c(F)ccc2cc(O)cc(-c3c(Cl)cc4c(N5CC6CCC(C5)N6)nc(OCC5(CN6C[C@@]7(C)COC[C@]7(C)C6)CC5)nc4c3C)c12. The van der Waals surface area contributed by atoms with Crippen molar-refractivity contribution in [3.63, 3.8) is 0 Å². The number of phenolic OH excluding ortho intramolecular Hbond substituents is 1. The second-order valence-electron chi connectivity index (χ2n) is 16.3. The number of halogens is 2. The summed E-state index contributed by atoms with van der Waals surface area (Å²) in [4.78, 5) is 15.1. The van der Waals surface area contributed by atoms with Crippen molar-refractivity contribution in [3.8, 4) is 35.2 Å². The molecule has 0 amide bonds. The van der Waals surface area contributed by atoms with E-state index in [9.17, 15) is 5.11 Å². The lowest BCUT2D eigenvalue weighted by molar-refractivity contribution is 0.112. The van der Waals surface area contributed by atoms with Crippen LogP contribution < -0.4 is 15.0 Å². The van der Waals surface area contributed by atoms with Gasteiger partial charge in [0, 0.05) is 82.4 Å². The summed E-state index contributed by atoms with van der Waals surface area (Å²) in [7, 11) is 0. The van der Waals surface area contributed by atoms with Crippen molar-refractivity contribution in [2.75, 3.05) is 57.4 Å². The van der Waals surface area contributed by atoms with Gasteiger partial charge in [0.2, 0.25) is 0 Å². The van der Waals surface area contributed by atoms with Gasteiger partial charge in [0.25, 0.3) is 0 Å². The zero-order chi connectivity index (χ0) is 34.6. The first-order valence-corrected chi connectivity index (χ1v) is 18.2. The lowest BCUT2D eigenvalue weighted by Crippen LogP contribution is -2.51. The van der Waals surface area contributed by atoms with E-state index in [-0.39, 0.29) is 27.6 Å². The highest BCUT2D eigenvalue weighted by Crippen LogP contribution is 2.54. The molecule has 0 spiro atoms. The fourth-order valence-corrected chi connectivity index (χ4v) is 9.77. The molecule has 4 atom stereocenters. The van der Waals surface area contributed by atoms with Crippen LogP contribution in [0, 0.1) is 41.3 Å². The number of terminal acetylenes is 1. The van der Waals surface area contributed by atoms with E-state index in [2.05, 4.69) is 34.9 Å². The number of nitrogens with one attached hydrogen (secondary N) is 1. The first-order valence-electron chi connectivity index (χ1n) is 17.8. The van der Waals surface area contributed by atoms with Crippen LogP contribution in [-0.4, -0.2) is 84.6 Å². The van der Waals surface area contributed by atoms with Gasteiger partial charge in [-0.25, -0.2) is 4.39 Å². The Balaban J connectivity index is 1.12. The molecule has 1 aliphatic carbocycles. The zero-order valence-corrected chi connectivity index (χ0v) is 29.7. The van der Waals surface area contributed by atoms with E-state index in [1.165, 1.54) is 6.07 Å². The van der Waals surface area contributed by atoms with E-state index < -0.39 is 5.82 Å². The molecular formula is C40H43ClFN5O3. The molecule has 1 aromatic heterocycles. The van der Waals surface area contributed by atoms with Gasteiger partial charge in [-0.3, -0.25) is 0 Å². The first kappa shape index (κ1) is 32.2. The van der Waals surface area contributed by atoms with Crippen LogP contribution in [0.3, 0.4) is 0 Å². The zero-order valence-electron chi connectivity index (χ0n) is 28.9. The number of hydrogen-bond donors (Lipinski definition) is 2. The van der Waals surface area contributed by atoms with E-state index in [0.29, 0.717) is 57.1 Å². The second kappa shape index (κ2) is 11.4. The van der Waals surface area contributed by atoms with Gasteiger partial charge in [-0.2, -0.15) is 9.97 Å². The molecule has 2 unspecified atom stereocenters. The topological polar surface area (TPSA) is 83.0 Å². The fourth-order valence-electron chi connectivity index (χ4n) is 9.42. The highest BCUT2D eigenvalue weighted by atomic mass is 35.5. The quantitative estimate of drug-likeness (QED) is 0.207. The highest BCUT2D eigenvalue weighted by Gasteiger charge is 2.57. The van der Waals surface area contributed by atoms with Gasteiger partial charge in [0.05, 0.1) is 30.9 Å². The number of aromatic nitrogens is 2. The molecule has 8 nitrogen and oxygen atoms in total. The van der Waals surface area contributed by atoms with Crippen LogP contribution in [0.5, 0.6) is 11.8 Å². The average Bonchev–Trinajstić information content (AvgIpc) is 3.58. The van der Waals surface area contributed by atoms with Gasteiger partial charge in [-0.1, -0.05) is 37.4 Å². The molecule has 5 heterocycles. The number of piperazine rings is 1. The molecule has 5 aliphatic rings. The van der Waals surface area contributed by atoms with Crippen LogP contribution in [0.25, 0.3) is 32.8 Å². The van der Waals surface area contributed by atoms with Gasteiger partial charge < -0.3 is 29.7 Å². The van der Waals surface area contributed by atoms with Gasteiger partial charge in [-0.15, -0.1) is 6.42 Å². The molecule has 50 heavy (non-hydrogen) atoms. The van der Waals surface area contributed by atoms with Crippen molar-refractivity contribution in [2.24, 2.45) is 16.2 Å². The molecule has 1 saturated carbocycles. The third-order valence-corrected chi connectivity index (χ3v) is 12.9. The van der Waals surface area contributed by atoms with Crippen LogP contribution in [0.15, 0.2) is 30.3 Å². The number of nitrogens with zero attached hydrogens (tertiary/aromatic N) is 4. The molecule has 260 valence electrons. The number of hydrogen-bond acceptors (Lipinski definition) is 8. The summed E-state index contributed by atoms with van der Waals surface area (Å²) < 4.78 is 27.6. The van der Waals surface area contributed by atoms with E-state index in [1.807, 2.05) is 13.0 Å². The number of aryl methyl sites for hydroxylation is 1. The van der Waals surface area contributed by atoms with Gasteiger partial charge in [-0.05, 0) is 73.4 Å². The van der Waals surface area contributed by atoms with Crippen LogP contribution in [-0.2, 0) is 4.74 Å². The van der Waals surface area contributed by atoms with Crippen LogP contribution in [0.1, 0.15) is 50.7 Å². The number of ether oxygens (including phenoxy) is 2. The third kappa shape index (κ3) is 5.13. The van der Waals surface area contributed by atoms with E-state index in [1.54, 1.807) is 18.2 Å². The highest BCUT2D eigenvalue weighted by molar-refractivity contribution is 6.35. The number of anilines is 1. The number of benzene rings is 3. The number of fused-ring (bicyclic) bond motifs is 5. The summed E-state index contributed by atoms with van der Waals surface area (Å²) in [5.41, 5.74) is 3.27. The smallest absolute Gasteiger partial charge is 0.318 e. The molecule has 4 aromatic rings. The van der Waals surface area contributed by atoms with Crippen molar-refractivity contribution in [3.05, 3.63) is 52.3 Å². The van der Waals surface area contributed by atoms with Crippen molar-refractivity contribution >= 4 is 39.1 Å². The number of phenols is 1. The Bertz CT molecular complexity index is 2090. The third-order valence-electron chi connectivity index (χ3n) is 12.6. The Morgan fingerprint density at radius 1 is 1.10 bits per heavy atom. The number of aromatic hydroxyl groups is 1. The Hall–Kier alpha value is -3.68. The summed E-state index contributed by atoms with van der Waals surface area (Å²) in [6.07, 6.45) is 10.3. The molecule has 2 bridgehead atoms. The van der Waals surface area contributed by atoms with Gasteiger partial charge in [0.1, 0.15) is 17.4 Å². The lowest BCUT2D eigenvalue weighted by atomic mass is 9.71. The fraction of sp³-hybridized carbons (Fsp3) is 0.500. The standard InChI is InChI=1S/C40H43ClFN5O3/c1-5-28-32(42)9-6-24-12-27(48)13-29(34(24)28)33-23(2)35-30(14-31(33)41)36(47-15-25-7-8-26(16-47)43-25)45-37(44-35)50-22-40(10-11-40)19-46-17-38(3)20-49-21-39(38,4)18-46/h1,6,9,12-14,25-26,43,48H,7-8,10-11,15-22H2,2-4H3/t25?,26?,38-,39-/m0/s1. The van der Waals surface area contributed by atoms with Crippen LogP contribution in [0.4, 0.5) is 10.2 Å². The maximum Gasteiger partial charge on any atom is 0.318 e. The minimum absolute atomic E-state index is 0.0354. The molecule has 9 rings (SSSR count). The molecule has 5 fully saturated rings. The second-order valence-corrected chi connectivity index (χ2v) is 16.7. The molecular weight excluding hydrogens is 653 g/mol. The normalized spacial score (nSPS) is 28.4. The van der Waals surface area contributed by atoms with Gasteiger partial charge >= 0.3 is 6.01 Å². The average molecular weight is 696 g/mol. The van der Waals surface area contributed by atoms with Crippen molar-refractivity contribution in [2.45, 2.75) is 58.5 Å². The molecule has 10 heteroatoms. The maximum absolute atomic E-state index is 15.1. The predicted molar refractivity (Wildman–Crippen MR) is 195 cm³/mol. The minimum atomic E-state index is -0.502. The van der Waals surface area contributed by atoms with E-state index in [0.717, 1.165) is 88.4 Å². The Morgan fingerprint density at radius 3 is 2.50 bits per heavy atom.